The molecule has 2 aromatic heterocycles. The number of piperidine rings is 1. The van der Waals surface area contributed by atoms with Crippen LogP contribution in [0.3, 0.4) is 0 Å². The molecule has 3 amide bonds. The van der Waals surface area contributed by atoms with E-state index in [0.29, 0.717) is 53.4 Å². The Hall–Kier alpha value is -6.27. The van der Waals surface area contributed by atoms with Gasteiger partial charge in [-0.25, -0.2) is 18.2 Å². The number of carbonyl (C=O) groups excluding carboxylic acids is 4. The van der Waals surface area contributed by atoms with Crippen molar-refractivity contribution in [1.82, 2.24) is 24.5 Å². The molecule has 14 nitrogen and oxygen atoms in total. The number of aromatic nitrogens is 2. The number of carbonyl (C=O) groups is 4. The van der Waals surface area contributed by atoms with Gasteiger partial charge in [0.1, 0.15) is 29.4 Å². The summed E-state index contributed by atoms with van der Waals surface area (Å²) in [6, 6.07) is 15.7. The summed E-state index contributed by atoms with van der Waals surface area (Å²) >= 11 is 0. The number of ether oxygens (including phenoxy) is 1. The molecular formula is C42H38F3N7O7S. The highest BCUT2D eigenvalue weighted by molar-refractivity contribution is 7.90. The van der Waals surface area contributed by atoms with Crippen molar-refractivity contribution in [3.63, 3.8) is 0 Å². The van der Waals surface area contributed by atoms with Gasteiger partial charge in [-0.05, 0) is 84.8 Å². The Bertz CT molecular complexity index is 2690. The minimum atomic E-state index is -4.36. The normalized spacial score (nSPS) is 19.8. The van der Waals surface area contributed by atoms with Gasteiger partial charge in [-0.15, -0.1) is 0 Å². The van der Waals surface area contributed by atoms with E-state index in [9.17, 15) is 32.0 Å². The lowest BCUT2D eigenvalue weighted by Gasteiger charge is -2.41. The van der Waals surface area contributed by atoms with Gasteiger partial charge in [0.05, 0.1) is 17.9 Å². The summed E-state index contributed by atoms with van der Waals surface area (Å²) in [5.41, 5.74) is 2.44. The molecule has 3 saturated heterocycles. The van der Waals surface area contributed by atoms with Gasteiger partial charge in [0.25, 0.3) is 5.91 Å². The average molecular weight is 842 g/mol. The van der Waals surface area contributed by atoms with Gasteiger partial charge in [-0.2, -0.15) is 12.7 Å². The number of H-pyrrole nitrogens is 1. The van der Waals surface area contributed by atoms with Crippen LogP contribution in [0.25, 0.3) is 22.2 Å². The standard InChI is InChI=1S/C42H38F3N7O7S/c43-27-11-13-51(22-27)60(57,58)49-34-8-7-33(44)37(38(34)45)39(54)32-18-47-40-31(32)16-25(17-46-40)24-1-4-29(5-2-24)59-14-12-23-19-50(20-23)28-3-6-30-26(15-28)21-52(42(30)56)35-9-10-36(53)48-41(35)55/h1-8,15-18,23,27,35,49H,9-14,19-22H2,(H,46,47)(H,48,53,55)/t27-,35?/m1/s1. The molecule has 0 saturated carbocycles. The maximum Gasteiger partial charge on any atom is 0.301 e. The summed E-state index contributed by atoms with van der Waals surface area (Å²) in [5.74, 6) is -3.50. The van der Waals surface area contributed by atoms with Crippen molar-refractivity contribution >= 4 is 56.1 Å². The van der Waals surface area contributed by atoms with Crippen LogP contribution in [-0.4, -0.2) is 96.1 Å². The Morgan fingerprint density at radius 1 is 0.967 bits per heavy atom. The Morgan fingerprint density at radius 3 is 2.52 bits per heavy atom. The molecule has 2 atom stereocenters. The van der Waals surface area contributed by atoms with Crippen LogP contribution in [0.1, 0.15) is 57.5 Å². The molecule has 0 bridgehead atoms. The number of hydrogen-bond acceptors (Lipinski definition) is 9. The smallest absolute Gasteiger partial charge is 0.301 e. The number of benzene rings is 3. The van der Waals surface area contributed by atoms with Gasteiger partial charge in [0.15, 0.2) is 5.82 Å². The molecule has 60 heavy (non-hydrogen) atoms. The van der Waals surface area contributed by atoms with Gasteiger partial charge >= 0.3 is 10.2 Å². The maximum atomic E-state index is 15.7. The molecule has 5 aromatic rings. The van der Waals surface area contributed by atoms with Crippen LogP contribution in [0.5, 0.6) is 5.75 Å². The topological polar surface area (TPSA) is 174 Å². The molecule has 0 radical (unpaired) electrons. The van der Waals surface area contributed by atoms with E-state index < -0.39 is 63.5 Å². The van der Waals surface area contributed by atoms with Crippen LogP contribution < -0.4 is 19.7 Å². The summed E-state index contributed by atoms with van der Waals surface area (Å²) < 4.78 is 78.8. The van der Waals surface area contributed by atoms with E-state index in [1.165, 1.54) is 6.20 Å². The first kappa shape index (κ1) is 39.2. The molecule has 3 N–H and O–H groups in total. The molecule has 1 unspecified atom stereocenters. The lowest BCUT2D eigenvalue weighted by Crippen LogP contribution is -2.52. The zero-order chi connectivity index (χ0) is 41.9. The SMILES string of the molecule is O=C1CCC(N2Cc3cc(N4CC(CCOc5ccc(-c6cnc7[nH]cc(C(=O)c8c(F)ccc(NS(=O)(=O)N9CC[C@@H](F)C9)c8F)c7c6)cc5)C4)ccc3C2=O)C(=O)N1. The quantitative estimate of drug-likeness (QED) is 0.114. The van der Waals surface area contributed by atoms with Crippen LogP contribution in [0, 0.1) is 17.6 Å². The highest BCUT2D eigenvalue weighted by Gasteiger charge is 2.40. The first-order chi connectivity index (χ1) is 28.8. The van der Waals surface area contributed by atoms with Crippen molar-refractivity contribution in [2.45, 2.75) is 44.4 Å². The van der Waals surface area contributed by atoms with Gasteiger partial charge in [-0.3, -0.25) is 29.2 Å². The number of nitrogens with zero attached hydrogens (tertiary/aromatic N) is 4. The molecule has 0 aliphatic carbocycles. The first-order valence-corrected chi connectivity index (χ1v) is 20.9. The Morgan fingerprint density at radius 2 is 1.77 bits per heavy atom. The van der Waals surface area contributed by atoms with E-state index in [1.807, 2.05) is 47.2 Å². The average Bonchev–Trinajstić information content (AvgIpc) is 3.94. The summed E-state index contributed by atoms with van der Waals surface area (Å²) in [7, 11) is -4.36. The fraction of sp³-hybridized carbons (Fsp3) is 0.310. The number of imide groups is 1. The van der Waals surface area contributed by atoms with Crippen LogP contribution in [-0.2, 0) is 26.3 Å². The summed E-state index contributed by atoms with van der Waals surface area (Å²) in [4.78, 5) is 61.7. The van der Waals surface area contributed by atoms with E-state index in [0.717, 1.165) is 52.8 Å². The molecule has 18 heteroatoms. The van der Waals surface area contributed by atoms with E-state index in [4.69, 9.17) is 4.74 Å². The number of pyridine rings is 1. The number of nitrogens with one attached hydrogen (secondary N) is 3. The fourth-order valence-electron chi connectivity index (χ4n) is 8.24. The number of fused-ring (bicyclic) bond motifs is 2. The zero-order valence-electron chi connectivity index (χ0n) is 31.9. The zero-order valence-corrected chi connectivity index (χ0v) is 32.7. The van der Waals surface area contributed by atoms with Crippen molar-refractivity contribution in [2.24, 2.45) is 5.92 Å². The van der Waals surface area contributed by atoms with Crippen LogP contribution >= 0.6 is 0 Å². The van der Waals surface area contributed by atoms with E-state index in [1.54, 1.807) is 17.2 Å². The number of ketones is 1. The van der Waals surface area contributed by atoms with Gasteiger partial charge < -0.3 is 19.5 Å². The number of alkyl halides is 1. The third-order valence-electron chi connectivity index (χ3n) is 11.6. The van der Waals surface area contributed by atoms with Gasteiger partial charge in [0.2, 0.25) is 17.6 Å². The van der Waals surface area contributed by atoms with Gasteiger partial charge in [0, 0.05) is 79.3 Å². The van der Waals surface area contributed by atoms with E-state index in [2.05, 4.69) is 20.2 Å². The molecule has 6 heterocycles. The van der Waals surface area contributed by atoms with Crippen molar-refractivity contribution < 1.29 is 45.5 Å². The highest BCUT2D eigenvalue weighted by atomic mass is 32.2. The van der Waals surface area contributed by atoms with Gasteiger partial charge in [-0.1, -0.05) is 12.1 Å². The van der Waals surface area contributed by atoms with Crippen LogP contribution in [0.2, 0.25) is 0 Å². The maximum absolute atomic E-state index is 15.7. The Labute approximate surface area is 341 Å². The number of aromatic amines is 1. The van der Waals surface area contributed by atoms with E-state index in [-0.39, 0.29) is 36.8 Å². The van der Waals surface area contributed by atoms with Crippen molar-refractivity contribution in [3.05, 3.63) is 107 Å². The minimum absolute atomic E-state index is 0.00412. The van der Waals surface area contributed by atoms with Crippen molar-refractivity contribution in [2.75, 3.05) is 42.4 Å². The summed E-state index contributed by atoms with van der Waals surface area (Å²) in [6.45, 7) is 1.98. The molecule has 9 rings (SSSR count). The number of rotatable bonds is 12. The molecule has 4 aliphatic heterocycles. The fourth-order valence-corrected chi connectivity index (χ4v) is 9.51. The number of amides is 3. The second-order valence-corrected chi connectivity index (χ2v) is 17.1. The van der Waals surface area contributed by atoms with Crippen molar-refractivity contribution in [3.8, 4) is 16.9 Å². The second kappa shape index (κ2) is 15.4. The summed E-state index contributed by atoms with van der Waals surface area (Å²) in [6.07, 6.45) is 2.87. The predicted octanol–water partition coefficient (Wildman–Crippen LogP) is 5.11. The first-order valence-electron chi connectivity index (χ1n) is 19.5. The largest absolute Gasteiger partial charge is 0.494 e. The molecule has 0 spiro atoms. The molecule has 3 aromatic carbocycles. The highest BCUT2D eigenvalue weighted by Crippen LogP contribution is 2.35. The lowest BCUT2D eigenvalue weighted by molar-refractivity contribution is -0.136. The monoisotopic (exact) mass is 841 g/mol. The molecule has 4 aliphatic rings. The third-order valence-corrected chi connectivity index (χ3v) is 13.1. The minimum Gasteiger partial charge on any atom is -0.494 e. The third kappa shape index (κ3) is 7.33. The van der Waals surface area contributed by atoms with Crippen LogP contribution in [0.15, 0.2) is 73.1 Å². The Kier molecular flexibility index (Phi) is 10.1. The molecular weight excluding hydrogens is 804 g/mol. The number of halogens is 3. The second-order valence-electron chi connectivity index (χ2n) is 15.5. The molecule has 3 fully saturated rings. The lowest BCUT2D eigenvalue weighted by atomic mass is 9.95. The molecule has 310 valence electrons. The Balaban J connectivity index is 0.801. The van der Waals surface area contributed by atoms with Crippen molar-refractivity contribution in [1.29, 1.82) is 0 Å². The van der Waals surface area contributed by atoms with E-state index >= 15 is 8.78 Å². The predicted molar refractivity (Wildman–Crippen MR) is 213 cm³/mol. The number of anilines is 2. The summed E-state index contributed by atoms with van der Waals surface area (Å²) in [5, 5.41) is 2.63. The van der Waals surface area contributed by atoms with Crippen LogP contribution in [0.4, 0.5) is 24.5 Å². The number of hydrogen-bond donors (Lipinski definition) is 3.